The number of aromatic nitrogens is 2. The zero-order chi connectivity index (χ0) is 17.9. The van der Waals surface area contributed by atoms with E-state index in [1.807, 2.05) is 53.9 Å². The van der Waals surface area contributed by atoms with Crippen molar-refractivity contribution in [3.8, 4) is 10.6 Å². The average Bonchev–Trinajstić information content (AvgIpc) is 3.26. The second-order valence-corrected chi connectivity index (χ2v) is 8.57. The highest BCUT2D eigenvalue weighted by atomic mass is 79.9. The number of nitrogens with one attached hydrogen (secondary N) is 1. The summed E-state index contributed by atoms with van der Waals surface area (Å²) in [6, 6.07) is 16.0. The van der Waals surface area contributed by atoms with Gasteiger partial charge in [-0.3, -0.25) is 4.79 Å². The summed E-state index contributed by atoms with van der Waals surface area (Å²) in [6.45, 7) is 0.445. The van der Waals surface area contributed by atoms with Gasteiger partial charge in [-0.2, -0.15) is 0 Å². The smallest absolute Gasteiger partial charge is 0.226 e. The van der Waals surface area contributed by atoms with Gasteiger partial charge in [0.2, 0.25) is 5.91 Å². The molecule has 7 heteroatoms. The molecule has 130 valence electrons. The SMILES string of the molecule is O=C(Cc1csc(-c2cccc(Br)c2)n1)NCc1nc2ccccc2s1. The molecule has 0 radical (unpaired) electrons. The number of halogens is 1. The molecule has 0 unspecified atom stereocenters. The molecule has 0 aliphatic carbocycles. The van der Waals surface area contributed by atoms with Crippen LogP contribution in [0.3, 0.4) is 0 Å². The molecule has 0 saturated heterocycles. The lowest BCUT2D eigenvalue weighted by atomic mass is 10.2. The van der Waals surface area contributed by atoms with E-state index in [1.165, 1.54) is 0 Å². The largest absolute Gasteiger partial charge is 0.349 e. The van der Waals surface area contributed by atoms with Crippen LogP contribution in [0, 0.1) is 0 Å². The van der Waals surface area contributed by atoms with Gasteiger partial charge in [-0.1, -0.05) is 40.2 Å². The van der Waals surface area contributed by atoms with Crippen molar-refractivity contribution in [2.45, 2.75) is 13.0 Å². The molecule has 0 saturated carbocycles. The van der Waals surface area contributed by atoms with Gasteiger partial charge < -0.3 is 5.32 Å². The zero-order valence-electron chi connectivity index (χ0n) is 13.6. The minimum atomic E-state index is -0.0460. The Bertz CT molecular complexity index is 1040. The Kier molecular flexibility index (Phi) is 5.10. The number of amides is 1. The highest BCUT2D eigenvalue weighted by Crippen LogP contribution is 2.26. The van der Waals surface area contributed by atoms with Crippen LogP contribution >= 0.6 is 38.6 Å². The fourth-order valence-electron chi connectivity index (χ4n) is 2.54. The molecule has 1 amide bonds. The third-order valence-corrected chi connectivity index (χ3v) is 6.21. The lowest BCUT2D eigenvalue weighted by Gasteiger charge is -2.01. The van der Waals surface area contributed by atoms with Crippen LogP contribution in [-0.2, 0) is 17.8 Å². The van der Waals surface area contributed by atoms with E-state index in [1.54, 1.807) is 22.7 Å². The first-order valence-corrected chi connectivity index (χ1v) is 10.5. The van der Waals surface area contributed by atoms with E-state index in [2.05, 4.69) is 31.2 Å². The number of hydrogen-bond acceptors (Lipinski definition) is 5. The minimum absolute atomic E-state index is 0.0460. The number of nitrogens with zero attached hydrogens (tertiary/aromatic N) is 2. The Labute approximate surface area is 167 Å². The first kappa shape index (κ1) is 17.3. The molecule has 2 heterocycles. The average molecular weight is 444 g/mol. The van der Waals surface area contributed by atoms with E-state index >= 15 is 0 Å². The maximum Gasteiger partial charge on any atom is 0.226 e. The van der Waals surface area contributed by atoms with Crippen LogP contribution in [0.4, 0.5) is 0 Å². The highest BCUT2D eigenvalue weighted by molar-refractivity contribution is 9.10. The van der Waals surface area contributed by atoms with Crippen molar-refractivity contribution in [2.75, 3.05) is 0 Å². The van der Waals surface area contributed by atoms with Gasteiger partial charge >= 0.3 is 0 Å². The fraction of sp³-hybridized carbons (Fsp3) is 0.105. The Morgan fingerprint density at radius 2 is 2.00 bits per heavy atom. The second-order valence-electron chi connectivity index (χ2n) is 5.68. The Morgan fingerprint density at radius 3 is 2.85 bits per heavy atom. The quantitative estimate of drug-likeness (QED) is 0.469. The molecule has 2 aromatic carbocycles. The van der Waals surface area contributed by atoms with E-state index in [0.29, 0.717) is 6.54 Å². The lowest BCUT2D eigenvalue weighted by molar-refractivity contribution is -0.120. The van der Waals surface area contributed by atoms with Crippen molar-refractivity contribution < 1.29 is 4.79 Å². The number of thiazole rings is 2. The van der Waals surface area contributed by atoms with Crippen molar-refractivity contribution in [1.29, 1.82) is 0 Å². The molecule has 0 aliphatic rings. The van der Waals surface area contributed by atoms with Crippen LogP contribution in [0.15, 0.2) is 58.4 Å². The van der Waals surface area contributed by atoms with Crippen LogP contribution in [0.2, 0.25) is 0 Å². The standard InChI is InChI=1S/C19H14BrN3OS2/c20-13-5-3-4-12(8-13)19-22-14(11-25-19)9-17(24)21-10-18-23-15-6-1-2-7-16(15)26-18/h1-8,11H,9-10H2,(H,21,24). The number of para-hydroxylation sites is 1. The van der Waals surface area contributed by atoms with Crippen molar-refractivity contribution in [1.82, 2.24) is 15.3 Å². The van der Waals surface area contributed by atoms with Crippen molar-refractivity contribution in [3.05, 3.63) is 69.1 Å². The van der Waals surface area contributed by atoms with Crippen LogP contribution in [0.5, 0.6) is 0 Å². The van der Waals surface area contributed by atoms with Gasteiger partial charge in [0, 0.05) is 15.4 Å². The topological polar surface area (TPSA) is 54.9 Å². The molecular formula is C19H14BrN3OS2. The molecule has 1 N–H and O–H groups in total. The van der Waals surface area contributed by atoms with Gasteiger partial charge in [0.15, 0.2) is 0 Å². The molecule has 4 nitrogen and oxygen atoms in total. The molecule has 0 aliphatic heterocycles. The highest BCUT2D eigenvalue weighted by Gasteiger charge is 2.10. The first-order valence-electron chi connectivity index (χ1n) is 7.99. The predicted octanol–water partition coefficient (Wildman–Crippen LogP) is 5.04. The maximum absolute atomic E-state index is 12.2. The van der Waals surface area contributed by atoms with Crippen LogP contribution < -0.4 is 5.32 Å². The minimum Gasteiger partial charge on any atom is -0.349 e. The molecule has 4 aromatic rings. The van der Waals surface area contributed by atoms with E-state index < -0.39 is 0 Å². The number of benzene rings is 2. The van der Waals surface area contributed by atoms with Crippen molar-refractivity contribution >= 4 is 54.7 Å². The molecule has 2 aromatic heterocycles. The molecule has 4 rings (SSSR count). The molecular weight excluding hydrogens is 430 g/mol. The van der Waals surface area contributed by atoms with E-state index in [-0.39, 0.29) is 12.3 Å². The van der Waals surface area contributed by atoms with Gasteiger partial charge in [-0.05, 0) is 24.3 Å². The van der Waals surface area contributed by atoms with E-state index in [0.717, 1.165) is 36.0 Å². The number of hydrogen-bond donors (Lipinski definition) is 1. The summed E-state index contributed by atoms with van der Waals surface area (Å²) in [5.74, 6) is -0.0460. The number of rotatable bonds is 5. The van der Waals surface area contributed by atoms with Crippen LogP contribution in [0.25, 0.3) is 20.8 Å². The van der Waals surface area contributed by atoms with Crippen molar-refractivity contribution in [2.24, 2.45) is 0 Å². The third-order valence-electron chi connectivity index (χ3n) is 3.74. The summed E-state index contributed by atoms with van der Waals surface area (Å²) in [4.78, 5) is 21.3. The number of carbonyl (C=O) groups is 1. The molecule has 0 atom stereocenters. The summed E-state index contributed by atoms with van der Waals surface area (Å²) in [6.07, 6.45) is 0.273. The molecule has 0 bridgehead atoms. The number of fused-ring (bicyclic) bond motifs is 1. The molecule has 0 fully saturated rings. The lowest BCUT2D eigenvalue weighted by Crippen LogP contribution is -2.24. The van der Waals surface area contributed by atoms with Crippen molar-refractivity contribution in [3.63, 3.8) is 0 Å². The predicted molar refractivity (Wildman–Crippen MR) is 110 cm³/mol. The van der Waals surface area contributed by atoms with Crippen LogP contribution in [-0.4, -0.2) is 15.9 Å². The van der Waals surface area contributed by atoms with E-state index in [9.17, 15) is 4.79 Å². The Morgan fingerprint density at radius 1 is 1.12 bits per heavy atom. The summed E-state index contributed by atoms with van der Waals surface area (Å²) >= 11 is 6.62. The fourth-order valence-corrected chi connectivity index (χ4v) is 4.66. The summed E-state index contributed by atoms with van der Waals surface area (Å²) in [7, 11) is 0. The van der Waals surface area contributed by atoms with Gasteiger partial charge in [0.1, 0.15) is 10.0 Å². The molecule has 0 spiro atoms. The zero-order valence-corrected chi connectivity index (χ0v) is 16.8. The van der Waals surface area contributed by atoms with Gasteiger partial charge in [0.05, 0.1) is 28.9 Å². The summed E-state index contributed by atoms with van der Waals surface area (Å²) in [5.41, 5.74) is 2.80. The Hall–Kier alpha value is -2.09. The van der Waals surface area contributed by atoms with Gasteiger partial charge in [-0.15, -0.1) is 22.7 Å². The Balaban J connectivity index is 1.37. The first-order chi connectivity index (χ1) is 12.7. The second kappa shape index (κ2) is 7.65. The van der Waals surface area contributed by atoms with Gasteiger partial charge in [-0.25, -0.2) is 9.97 Å². The normalized spacial score (nSPS) is 11.0. The summed E-state index contributed by atoms with van der Waals surface area (Å²) in [5, 5.41) is 6.70. The van der Waals surface area contributed by atoms with Gasteiger partial charge in [0.25, 0.3) is 0 Å². The monoisotopic (exact) mass is 443 g/mol. The van der Waals surface area contributed by atoms with E-state index in [4.69, 9.17) is 0 Å². The number of carbonyl (C=O) groups excluding carboxylic acids is 1. The third kappa shape index (κ3) is 4.00. The maximum atomic E-state index is 12.2. The summed E-state index contributed by atoms with van der Waals surface area (Å²) < 4.78 is 2.15. The van der Waals surface area contributed by atoms with Crippen LogP contribution in [0.1, 0.15) is 10.7 Å². The molecule has 26 heavy (non-hydrogen) atoms.